The maximum absolute atomic E-state index is 11.2. The number of H-pyrrole nitrogens is 1. The van der Waals surface area contributed by atoms with E-state index in [0.29, 0.717) is 13.1 Å². The summed E-state index contributed by atoms with van der Waals surface area (Å²) in [7, 11) is 3.74. The summed E-state index contributed by atoms with van der Waals surface area (Å²) in [6.45, 7) is 1.03. The molecule has 0 aliphatic carbocycles. The highest BCUT2D eigenvalue weighted by Crippen LogP contribution is 1.94. The fraction of sp³-hybridized carbons (Fsp3) is 0.444. The molecule has 13 heavy (non-hydrogen) atoms. The fourth-order valence-electron chi connectivity index (χ4n) is 1.01. The maximum atomic E-state index is 11.2. The topological polar surface area (TPSA) is 48.1 Å². The third kappa shape index (κ3) is 3.75. The molecule has 0 saturated carbocycles. The summed E-state index contributed by atoms with van der Waals surface area (Å²) in [5.74, 6) is 0.0474. The number of aromatic nitrogens is 1. The number of nitrogens with one attached hydrogen (secondary N) is 2. The number of nitrogens with zero attached hydrogens (tertiary/aromatic N) is 1. The van der Waals surface area contributed by atoms with Crippen molar-refractivity contribution >= 4 is 5.91 Å². The Kier molecular flexibility index (Phi) is 3.52. The molecule has 0 bridgehead atoms. The molecular formula is C9H15N3O. The third-order valence-electron chi connectivity index (χ3n) is 1.61. The first kappa shape index (κ1) is 9.80. The summed E-state index contributed by atoms with van der Waals surface area (Å²) in [5, 5.41) is 2.82. The van der Waals surface area contributed by atoms with Crippen LogP contribution in [0.4, 0.5) is 0 Å². The smallest absolute Gasteiger partial charge is 0.234 e. The van der Waals surface area contributed by atoms with Gasteiger partial charge in [-0.3, -0.25) is 4.79 Å². The summed E-state index contributed by atoms with van der Waals surface area (Å²) in [4.78, 5) is 16.0. The van der Waals surface area contributed by atoms with Crippen molar-refractivity contribution < 1.29 is 4.79 Å². The van der Waals surface area contributed by atoms with E-state index in [9.17, 15) is 4.79 Å². The Morgan fingerprint density at radius 1 is 1.62 bits per heavy atom. The van der Waals surface area contributed by atoms with Crippen LogP contribution in [0.15, 0.2) is 18.5 Å². The van der Waals surface area contributed by atoms with E-state index in [1.165, 1.54) is 0 Å². The monoisotopic (exact) mass is 181 g/mol. The molecule has 0 spiro atoms. The van der Waals surface area contributed by atoms with E-state index in [1.54, 1.807) is 0 Å². The molecule has 2 N–H and O–H groups in total. The highest BCUT2D eigenvalue weighted by atomic mass is 16.1. The molecular weight excluding hydrogens is 166 g/mol. The summed E-state index contributed by atoms with van der Waals surface area (Å²) in [6, 6.07) is 1.94. The van der Waals surface area contributed by atoms with Crippen molar-refractivity contribution in [2.45, 2.75) is 6.54 Å². The SMILES string of the molecule is CN(C)CC(=O)NCc1cc[nH]c1. The van der Waals surface area contributed by atoms with E-state index >= 15 is 0 Å². The van der Waals surface area contributed by atoms with E-state index in [4.69, 9.17) is 0 Å². The first-order valence-electron chi connectivity index (χ1n) is 4.21. The fourth-order valence-corrected chi connectivity index (χ4v) is 1.01. The van der Waals surface area contributed by atoms with Gasteiger partial charge in [-0.15, -0.1) is 0 Å². The Balaban J connectivity index is 2.23. The Hall–Kier alpha value is -1.29. The summed E-state index contributed by atoms with van der Waals surface area (Å²) >= 11 is 0. The molecule has 0 saturated heterocycles. The van der Waals surface area contributed by atoms with Crippen LogP contribution in [-0.2, 0) is 11.3 Å². The third-order valence-corrected chi connectivity index (χ3v) is 1.61. The first-order valence-corrected chi connectivity index (χ1v) is 4.21. The molecule has 0 radical (unpaired) electrons. The van der Waals surface area contributed by atoms with Gasteiger partial charge < -0.3 is 15.2 Å². The molecule has 1 amide bonds. The highest BCUT2D eigenvalue weighted by Gasteiger charge is 2.01. The molecule has 1 heterocycles. The highest BCUT2D eigenvalue weighted by molar-refractivity contribution is 5.77. The van der Waals surface area contributed by atoms with Gasteiger partial charge in [0, 0.05) is 18.9 Å². The summed E-state index contributed by atoms with van der Waals surface area (Å²) in [5.41, 5.74) is 1.09. The van der Waals surface area contributed by atoms with Crippen LogP contribution >= 0.6 is 0 Å². The van der Waals surface area contributed by atoms with Crippen molar-refractivity contribution in [3.8, 4) is 0 Å². The van der Waals surface area contributed by atoms with Crippen LogP contribution in [0.2, 0.25) is 0 Å². The first-order chi connectivity index (χ1) is 6.18. The van der Waals surface area contributed by atoms with Crippen LogP contribution in [0.1, 0.15) is 5.56 Å². The minimum absolute atomic E-state index is 0.0474. The van der Waals surface area contributed by atoms with Crippen molar-refractivity contribution in [1.29, 1.82) is 0 Å². The van der Waals surface area contributed by atoms with Gasteiger partial charge in [-0.1, -0.05) is 0 Å². The second-order valence-corrected chi connectivity index (χ2v) is 3.23. The van der Waals surface area contributed by atoms with Crippen molar-refractivity contribution in [3.63, 3.8) is 0 Å². The van der Waals surface area contributed by atoms with Crippen LogP contribution in [0, 0.1) is 0 Å². The normalized spacial score (nSPS) is 10.4. The molecule has 0 aliphatic rings. The van der Waals surface area contributed by atoms with Gasteiger partial charge in [0.05, 0.1) is 6.54 Å². The number of likely N-dealkylation sites (N-methyl/N-ethyl adjacent to an activating group) is 1. The average molecular weight is 181 g/mol. The second kappa shape index (κ2) is 4.67. The lowest BCUT2D eigenvalue weighted by Crippen LogP contribution is -2.32. The van der Waals surface area contributed by atoms with E-state index in [-0.39, 0.29) is 5.91 Å². The van der Waals surface area contributed by atoms with Crippen molar-refractivity contribution in [2.24, 2.45) is 0 Å². The minimum Gasteiger partial charge on any atom is -0.367 e. The zero-order chi connectivity index (χ0) is 9.68. The quantitative estimate of drug-likeness (QED) is 0.696. The number of carbonyl (C=O) groups excluding carboxylic acids is 1. The van der Waals surface area contributed by atoms with E-state index in [1.807, 2.05) is 37.5 Å². The lowest BCUT2D eigenvalue weighted by molar-refractivity contribution is -0.121. The molecule has 1 rings (SSSR count). The van der Waals surface area contributed by atoms with Gasteiger partial charge in [0.25, 0.3) is 0 Å². The van der Waals surface area contributed by atoms with Crippen LogP contribution in [-0.4, -0.2) is 36.4 Å². The molecule has 0 unspecified atom stereocenters. The van der Waals surface area contributed by atoms with Gasteiger partial charge in [0.1, 0.15) is 0 Å². The minimum atomic E-state index is 0.0474. The molecule has 1 aromatic heterocycles. The largest absolute Gasteiger partial charge is 0.367 e. The van der Waals surface area contributed by atoms with Crippen molar-refractivity contribution in [2.75, 3.05) is 20.6 Å². The number of carbonyl (C=O) groups is 1. The Morgan fingerprint density at radius 3 is 2.92 bits per heavy atom. The maximum Gasteiger partial charge on any atom is 0.234 e. The molecule has 0 aromatic carbocycles. The van der Waals surface area contributed by atoms with Crippen LogP contribution in [0.5, 0.6) is 0 Å². The van der Waals surface area contributed by atoms with Crippen LogP contribution in [0.25, 0.3) is 0 Å². The second-order valence-electron chi connectivity index (χ2n) is 3.23. The van der Waals surface area contributed by atoms with Crippen LogP contribution < -0.4 is 5.32 Å². The van der Waals surface area contributed by atoms with Gasteiger partial charge in [-0.2, -0.15) is 0 Å². The lowest BCUT2D eigenvalue weighted by Gasteiger charge is -2.09. The molecule has 4 heteroatoms. The average Bonchev–Trinajstić information content (AvgIpc) is 2.51. The van der Waals surface area contributed by atoms with Gasteiger partial charge in [-0.25, -0.2) is 0 Å². The summed E-state index contributed by atoms with van der Waals surface area (Å²) in [6.07, 6.45) is 3.71. The zero-order valence-corrected chi connectivity index (χ0v) is 8.00. The number of aromatic amines is 1. The number of hydrogen-bond donors (Lipinski definition) is 2. The number of hydrogen-bond acceptors (Lipinski definition) is 2. The molecule has 72 valence electrons. The lowest BCUT2D eigenvalue weighted by atomic mass is 10.3. The van der Waals surface area contributed by atoms with Crippen molar-refractivity contribution in [1.82, 2.24) is 15.2 Å². The van der Waals surface area contributed by atoms with Gasteiger partial charge in [-0.05, 0) is 25.7 Å². The predicted molar refractivity (Wildman–Crippen MR) is 51.2 cm³/mol. The Morgan fingerprint density at radius 2 is 2.38 bits per heavy atom. The van der Waals surface area contributed by atoms with Gasteiger partial charge in [0.15, 0.2) is 0 Å². The van der Waals surface area contributed by atoms with E-state index < -0.39 is 0 Å². The molecule has 1 aromatic rings. The number of amides is 1. The van der Waals surface area contributed by atoms with Crippen LogP contribution in [0.3, 0.4) is 0 Å². The number of rotatable bonds is 4. The molecule has 0 fully saturated rings. The predicted octanol–water partition coefficient (Wildman–Crippen LogP) is 0.192. The standard InChI is InChI=1S/C9H15N3O/c1-12(2)7-9(13)11-6-8-3-4-10-5-8/h3-5,10H,6-7H2,1-2H3,(H,11,13). The van der Waals surface area contributed by atoms with Gasteiger partial charge >= 0.3 is 0 Å². The molecule has 4 nitrogen and oxygen atoms in total. The van der Waals surface area contributed by atoms with Crippen molar-refractivity contribution in [3.05, 3.63) is 24.0 Å². The Labute approximate surface area is 77.9 Å². The molecule has 0 atom stereocenters. The summed E-state index contributed by atoms with van der Waals surface area (Å²) < 4.78 is 0. The molecule has 0 aliphatic heterocycles. The Bertz CT molecular complexity index is 254. The zero-order valence-electron chi connectivity index (χ0n) is 8.00. The van der Waals surface area contributed by atoms with Gasteiger partial charge in [0.2, 0.25) is 5.91 Å². The van der Waals surface area contributed by atoms with E-state index in [0.717, 1.165) is 5.56 Å². The van der Waals surface area contributed by atoms with E-state index in [2.05, 4.69) is 10.3 Å².